The lowest BCUT2D eigenvalue weighted by Crippen LogP contribution is -2.36. The van der Waals surface area contributed by atoms with Gasteiger partial charge in [-0.1, -0.05) is 5.16 Å². The molecule has 1 aromatic heterocycles. The molecule has 1 aromatic rings. The second-order valence-corrected chi connectivity index (χ2v) is 4.21. The van der Waals surface area contributed by atoms with Gasteiger partial charge in [0.05, 0.1) is 0 Å². The molecule has 0 fully saturated rings. The number of guanidine groups is 1. The van der Waals surface area contributed by atoms with Crippen molar-refractivity contribution in [2.45, 2.75) is 33.4 Å². The first-order chi connectivity index (χ1) is 9.08. The van der Waals surface area contributed by atoms with Gasteiger partial charge in [-0.05, 0) is 20.8 Å². The molecular weight excluding hydrogens is 246 g/mol. The highest BCUT2D eigenvalue weighted by molar-refractivity contribution is 5.79. The topological polar surface area (TPSA) is 75.8 Å². The third-order valence-corrected chi connectivity index (χ3v) is 2.39. The van der Waals surface area contributed by atoms with Crippen molar-refractivity contribution in [2.24, 2.45) is 4.99 Å². The van der Waals surface area contributed by atoms with Crippen molar-refractivity contribution in [3.63, 3.8) is 0 Å². The summed E-state index contributed by atoms with van der Waals surface area (Å²) in [5.41, 5.74) is 0. The van der Waals surface area contributed by atoms with E-state index in [-0.39, 0.29) is 6.10 Å². The van der Waals surface area contributed by atoms with Crippen molar-refractivity contribution in [2.75, 3.05) is 27.2 Å². The molecule has 19 heavy (non-hydrogen) atoms. The molecule has 1 heterocycles. The summed E-state index contributed by atoms with van der Waals surface area (Å²) in [4.78, 5) is 10.6. The van der Waals surface area contributed by atoms with E-state index in [0.29, 0.717) is 24.9 Å². The van der Waals surface area contributed by atoms with Crippen molar-refractivity contribution >= 4 is 5.96 Å². The predicted molar refractivity (Wildman–Crippen MR) is 72.8 cm³/mol. The van der Waals surface area contributed by atoms with Gasteiger partial charge in [0.15, 0.2) is 11.8 Å². The van der Waals surface area contributed by atoms with Crippen molar-refractivity contribution < 1.29 is 9.26 Å². The molecule has 0 spiro atoms. The summed E-state index contributed by atoms with van der Waals surface area (Å²) in [6, 6.07) is 0. The van der Waals surface area contributed by atoms with E-state index in [4.69, 9.17) is 9.26 Å². The van der Waals surface area contributed by atoms with Crippen LogP contribution in [0.4, 0.5) is 0 Å². The molecular formula is C12H23N5O2. The van der Waals surface area contributed by atoms with Crippen molar-refractivity contribution in [3.05, 3.63) is 11.7 Å². The third kappa shape index (κ3) is 4.86. The number of ether oxygens (including phenoxy) is 1. The van der Waals surface area contributed by atoms with Gasteiger partial charge < -0.3 is 19.5 Å². The van der Waals surface area contributed by atoms with Crippen LogP contribution in [0.25, 0.3) is 0 Å². The fourth-order valence-corrected chi connectivity index (χ4v) is 1.48. The summed E-state index contributed by atoms with van der Waals surface area (Å²) in [6.07, 6.45) is -0.159. The molecule has 0 aliphatic carbocycles. The number of hydrogen-bond donors (Lipinski definition) is 1. The van der Waals surface area contributed by atoms with Crippen LogP contribution in [-0.2, 0) is 11.3 Å². The molecule has 0 bridgehead atoms. The lowest BCUT2D eigenvalue weighted by Gasteiger charge is -2.15. The molecule has 0 aromatic carbocycles. The van der Waals surface area contributed by atoms with Gasteiger partial charge in [0, 0.05) is 27.2 Å². The quantitative estimate of drug-likeness (QED) is 0.617. The first-order valence-electron chi connectivity index (χ1n) is 6.48. The van der Waals surface area contributed by atoms with E-state index < -0.39 is 0 Å². The van der Waals surface area contributed by atoms with Gasteiger partial charge in [-0.2, -0.15) is 4.98 Å². The Kier molecular flexibility index (Phi) is 6.27. The Morgan fingerprint density at radius 1 is 1.47 bits per heavy atom. The zero-order valence-electron chi connectivity index (χ0n) is 12.3. The zero-order chi connectivity index (χ0) is 14.3. The fourth-order valence-electron chi connectivity index (χ4n) is 1.48. The Morgan fingerprint density at radius 3 is 2.79 bits per heavy atom. The second kappa shape index (κ2) is 7.73. The Balaban J connectivity index is 2.64. The van der Waals surface area contributed by atoms with Crippen LogP contribution < -0.4 is 5.32 Å². The number of rotatable bonds is 6. The van der Waals surface area contributed by atoms with E-state index >= 15 is 0 Å². The molecule has 1 rings (SSSR count). The Hall–Kier alpha value is -1.63. The van der Waals surface area contributed by atoms with E-state index in [1.807, 2.05) is 39.8 Å². The highest BCUT2D eigenvalue weighted by atomic mass is 16.5. The van der Waals surface area contributed by atoms with Gasteiger partial charge >= 0.3 is 0 Å². The average molecular weight is 269 g/mol. The molecule has 0 aliphatic heterocycles. The summed E-state index contributed by atoms with van der Waals surface area (Å²) in [5.74, 6) is 1.83. The van der Waals surface area contributed by atoms with Gasteiger partial charge in [-0.15, -0.1) is 0 Å². The van der Waals surface area contributed by atoms with Crippen LogP contribution in [0, 0.1) is 0 Å². The van der Waals surface area contributed by atoms with E-state index in [1.54, 1.807) is 0 Å². The SMILES string of the molecule is CCNC(=NCc1nc([C@@H](C)OCC)no1)N(C)C. The third-order valence-electron chi connectivity index (χ3n) is 2.39. The van der Waals surface area contributed by atoms with Gasteiger partial charge in [-0.3, -0.25) is 0 Å². The molecule has 0 saturated heterocycles. The summed E-state index contributed by atoms with van der Waals surface area (Å²) < 4.78 is 10.5. The molecule has 0 radical (unpaired) electrons. The summed E-state index contributed by atoms with van der Waals surface area (Å²) in [5, 5.41) is 7.05. The molecule has 0 unspecified atom stereocenters. The maximum atomic E-state index is 5.40. The van der Waals surface area contributed by atoms with Crippen molar-refractivity contribution in [1.29, 1.82) is 0 Å². The van der Waals surface area contributed by atoms with Gasteiger partial charge in [0.25, 0.3) is 0 Å². The number of nitrogens with one attached hydrogen (secondary N) is 1. The summed E-state index contributed by atoms with van der Waals surface area (Å²) in [6.45, 7) is 7.63. The minimum absolute atomic E-state index is 0.159. The van der Waals surface area contributed by atoms with Crippen LogP contribution in [0.15, 0.2) is 9.52 Å². The molecule has 1 atom stereocenters. The van der Waals surface area contributed by atoms with Gasteiger partial charge in [-0.25, -0.2) is 4.99 Å². The van der Waals surface area contributed by atoms with Crippen LogP contribution in [0.2, 0.25) is 0 Å². The number of hydrogen-bond acceptors (Lipinski definition) is 5. The van der Waals surface area contributed by atoms with E-state index in [1.165, 1.54) is 0 Å². The minimum Gasteiger partial charge on any atom is -0.371 e. The first kappa shape index (κ1) is 15.4. The van der Waals surface area contributed by atoms with Crippen molar-refractivity contribution in [1.82, 2.24) is 20.4 Å². The molecule has 7 heteroatoms. The van der Waals surface area contributed by atoms with Gasteiger partial charge in [0.2, 0.25) is 5.89 Å². The maximum Gasteiger partial charge on any atom is 0.248 e. The highest BCUT2D eigenvalue weighted by Gasteiger charge is 2.13. The van der Waals surface area contributed by atoms with E-state index in [9.17, 15) is 0 Å². The number of aromatic nitrogens is 2. The predicted octanol–water partition coefficient (Wildman–Crippen LogP) is 1.19. The van der Waals surface area contributed by atoms with E-state index in [2.05, 4.69) is 20.4 Å². The van der Waals surface area contributed by atoms with Crippen LogP contribution in [0.1, 0.15) is 38.6 Å². The van der Waals surface area contributed by atoms with E-state index in [0.717, 1.165) is 12.5 Å². The monoisotopic (exact) mass is 269 g/mol. The van der Waals surface area contributed by atoms with Crippen LogP contribution in [0.5, 0.6) is 0 Å². The number of aliphatic imine (C=N–C) groups is 1. The lowest BCUT2D eigenvalue weighted by atomic mass is 10.4. The largest absolute Gasteiger partial charge is 0.371 e. The van der Waals surface area contributed by atoms with Crippen LogP contribution >= 0.6 is 0 Å². The Bertz CT molecular complexity index is 403. The lowest BCUT2D eigenvalue weighted by molar-refractivity contribution is 0.0683. The average Bonchev–Trinajstić information content (AvgIpc) is 2.83. The molecule has 108 valence electrons. The molecule has 1 N–H and O–H groups in total. The minimum atomic E-state index is -0.159. The summed E-state index contributed by atoms with van der Waals surface area (Å²) in [7, 11) is 3.86. The first-order valence-corrected chi connectivity index (χ1v) is 6.48. The van der Waals surface area contributed by atoms with Crippen LogP contribution in [-0.4, -0.2) is 48.2 Å². The fraction of sp³-hybridized carbons (Fsp3) is 0.750. The highest BCUT2D eigenvalue weighted by Crippen LogP contribution is 2.12. The molecule has 7 nitrogen and oxygen atoms in total. The standard InChI is InChI=1S/C12H23N5O2/c1-6-13-12(17(4)5)14-8-10-15-11(16-19-10)9(3)18-7-2/h9H,6-8H2,1-5H3,(H,13,14)/t9-/m1/s1. The zero-order valence-corrected chi connectivity index (χ0v) is 12.3. The molecule has 0 saturated carbocycles. The normalized spacial score (nSPS) is 13.4. The van der Waals surface area contributed by atoms with Crippen LogP contribution in [0.3, 0.4) is 0 Å². The summed E-state index contributed by atoms with van der Waals surface area (Å²) >= 11 is 0. The Morgan fingerprint density at radius 2 is 2.21 bits per heavy atom. The molecule has 0 amide bonds. The number of nitrogens with zero attached hydrogens (tertiary/aromatic N) is 4. The maximum absolute atomic E-state index is 5.40. The smallest absolute Gasteiger partial charge is 0.248 e. The second-order valence-electron chi connectivity index (χ2n) is 4.21. The van der Waals surface area contributed by atoms with Gasteiger partial charge in [0.1, 0.15) is 12.6 Å². The Labute approximate surface area is 114 Å². The van der Waals surface area contributed by atoms with Crippen molar-refractivity contribution in [3.8, 4) is 0 Å². The molecule has 0 aliphatic rings.